The number of aromatic nitrogens is 4. The van der Waals surface area contributed by atoms with Gasteiger partial charge in [0.15, 0.2) is 11.6 Å². The van der Waals surface area contributed by atoms with Gasteiger partial charge in [-0.25, -0.2) is 14.3 Å². The van der Waals surface area contributed by atoms with Crippen LogP contribution in [0.25, 0.3) is 0 Å². The van der Waals surface area contributed by atoms with Crippen molar-refractivity contribution in [3.63, 3.8) is 0 Å². The molecular weight excluding hydrogens is 453 g/mol. The maximum absolute atomic E-state index is 12.2. The number of aryl methyl sites for hydroxylation is 1. The molecule has 0 bridgehead atoms. The molecule has 1 amide bonds. The normalized spacial score (nSPS) is 11.0. The van der Waals surface area contributed by atoms with Crippen LogP contribution in [-0.4, -0.2) is 31.1 Å². The predicted octanol–water partition coefficient (Wildman–Crippen LogP) is 3.36. The van der Waals surface area contributed by atoms with Crippen LogP contribution in [0, 0.1) is 0 Å². The van der Waals surface area contributed by atoms with E-state index in [4.69, 9.17) is 27.9 Å². The molecule has 0 aliphatic heterocycles. The zero-order valence-electron chi connectivity index (χ0n) is 16.5. The molecule has 0 saturated heterocycles. The lowest BCUT2D eigenvalue weighted by Crippen LogP contribution is -2.29. The van der Waals surface area contributed by atoms with Crippen molar-refractivity contribution in [2.24, 2.45) is 7.05 Å². The third-order valence-corrected chi connectivity index (χ3v) is 4.78. The van der Waals surface area contributed by atoms with Crippen molar-refractivity contribution in [1.29, 1.82) is 0 Å². The van der Waals surface area contributed by atoms with Gasteiger partial charge in [0.05, 0.1) is 22.3 Å². The SMILES string of the molecule is CC(C)c1cc(Oc2c(Cl)cc(N(Cc3noc(=O)[nH]3)C(=O)O)cc2Cl)nn(C)c1=O. The second-order valence-electron chi connectivity index (χ2n) is 6.77. The Bertz CT molecular complexity index is 1230. The van der Waals surface area contributed by atoms with Gasteiger partial charge in [0.25, 0.3) is 5.56 Å². The molecule has 2 N–H and O–H groups in total. The van der Waals surface area contributed by atoms with Crippen LogP contribution in [0.5, 0.6) is 11.6 Å². The van der Waals surface area contributed by atoms with Gasteiger partial charge >= 0.3 is 11.8 Å². The van der Waals surface area contributed by atoms with Gasteiger partial charge in [0, 0.05) is 18.7 Å². The highest BCUT2D eigenvalue weighted by Crippen LogP contribution is 2.39. The molecular formula is C18H17Cl2N5O6. The molecule has 0 aliphatic rings. The highest BCUT2D eigenvalue weighted by atomic mass is 35.5. The second-order valence-corrected chi connectivity index (χ2v) is 7.59. The van der Waals surface area contributed by atoms with Crippen LogP contribution in [0.2, 0.25) is 10.0 Å². The number of carboxylic acid groups (broad SMARTS) is 1. The minimum absolute atomic E-state index is 0.00384. The summed E-state index contributed by atoms with van der Waals surface area (Å²) >= 11 is 12.6. The quantitative estimate of drug-likeness (QED) is 0.558. The first-order valence-corrected chi connectivity index (χ1v) is 9.63. The Morgan fingerprint density at radius 1 is 1.29 bits per heavy atom. The number of nitrogens with zero attached hydrogens (tertiary/aromatic N) is 4. The summed E-state index contributed by atoms with van der Waals surface area (Å²) in [7, 11) is 1.49. The average Bonchev–Trinajstić information content (AvgIpc) is 3.09. The molecule has 3 aromatic rings. The number of benzene rings is 1. The first kappa shape index (κ1) is 22.4. The molecule has 31 heavy (non-hydrogen) atoms. The van der Waals surface area contributed by atoms with E-state index in [9.17, 15) is 19.5 Å². The van der Waals surface area contributed by atoms with Crippen molar-refractivity contribution in [3.05, 3.63) is 60.5 Å². The number of anilines is 1. The molecule has 0 aliphatic carbocycles. The Balaban J connectivity index is 1.95. The third-order valence-electron chi connectivity index (χ3n) is 4.22. The van der Waals surface area contributed by atoms with Crippen molar-refractivity contribution in [2.75, 3.05) is 4.90 Å². The summed E-state index contributed by atoms with van der Waals surface area (Å²) < 4.78 is 11.2. The number of nitrogens with one attached hydrogen (secondary N) is 1. The van der Waals surface area contributed by atoms with Crippen LogP contribution in [0.3, 0.4) is 0 Å². The summed E-state index contributed by atoms with van der Waals surface area (Å²) in [4.78, 5) is 38.1. The second kappa shape index (κ2) is 8.82. The maximum Gasteiger partial charge on any atom is 0.438 e. The monoisotopic (exact) mass is 469 g/mol. The predicted molar refractivity (Wildman–Crippen MR) is 111 cm³/mol. The molecule has 0 saturated carbocycles. The Morgan fingerprint density at radius 3 is 2.45 bits per heavy atom. The number of hydrogen-bond donors (Lipinski definition) is 2. The van der Waals surface area contributed by atoms with Gasteiger partial charge in [-0.05, 0) is 18.1 Å². The highest BCUT2D eigenvalue weighted by Gasteiger charge is 2.22. The van der Waals surface area contributed by atoms with E-state index < -0.39 is 11.8 Å². The van der Waals surface area contributed by atoms with E-state index in [1.54, 1.807) is 0 Å². The topological polar surface area (TPSA) is 144 Å². The van der Waals surface area contributed by atoms with Crippen LogP contribution in [-0.2, 0) is 13.6 Å². The number of carbonyl (C=O) groups is 1. The van der Waals surface area contributed by atoms with E-state index in [1.165, 1.54) is 25.2 Å². The van der Waals surface area contributed by atoms with Crippen molar-refractivity contribution in [3.8, 4) is 11.6 Å². The van der Waals surface area contributed by atoms with Gasteiger partial charge < -0.3 is 9.84 Å². The molecule has 0 atom stereocenters. The summed E-state index contributed by atoms with van der Waals surface area (Å²) in [6.07, 6.45) is -1.34. The van der Waals surface area contributed by atoms with Gasteiger partial charge in [0.2, 0.25) is 5.88 Å². The zero-order chi connectivity index (χ0) is 22.9. The van der Waals surface area contributed by atoms with Crippen molar-refractivity contribution in [2.45, 2.75) is 26.3 Å². The van der Waals surface area contributed by atoms with E-state index in [1.807, 2.05) is 13.8 Å². The Morgan fingerprint density at radius 2 is 1.94 bits per heavy atom. The van der Waals surface area contributed by atoms with Crippen LogP contribution in [0.4, 0.5) is 10.5 Å². The first-order valence-electron chi connectivity index (χ1n) is 8.87. The van der Waals surface area contributed by atoms with Crippen molar-refractivity contribution >= 4 is 35.0 Å². The molecule has 2 heterocycles. The molecule has 164 valence electrons. The molecule has 1 aromatic carbocycles. The number of aromatic amines is 1. The highest BCUT2D eigenvalue weighted by molar-refractivity contribution is 6.37. The Hall–Kier alpha value is -3.31. The van der Waals surface area contributed by atoms with E-state index in [-0.39, 0.29) is 51.2 Å². The van der Waals surface area contributed by atoms with Crippen LogP contribution in [0.15, 0.2) is 32.3 Å². The van der Waals surface area contributed by atoms with Gasteiger partial charge in [-0.2, -0.15) is 0 Å². The largest absolute Gasteiger partial charge is 0.465 e. The van der Waals surface area contributed by atoms with Crippen LogP contribution < -0.4 is 21.0 Å². The van der Waals surface area contributed by atoms with Crippen LogP contribution in [0.1, 0.15) is 31.2 Å². The lowest BCUT2D eigenvalue weighted by molar-refractivity contribution is 0.201. The molecule has 2 aromatic heterocycles. The molecule has 0 unspecified atom stereocenters. The van der Waals surface area contributed by atoms with Gasteiger partial charge in [-0.3, -0.25) is 19.2 Å². The molecule has 0 spiro atoms. The minimum Gasteiger partial charge on any atom is -0.465 e. The molecule has 13 heteroatoms. The number of ether oxygens (including phenoxy) is 1. The van der Waals surface area contributed by atoms with Crippen molar-refractivity contribution < 1.29 is 19.2 Å². The number of hydrogen-bond acceptors (Lipinski definition) is 7. The number of rotatable bonds is 6. The number of halogens is 2. The Kier molecular flexibility index (Phi) is 6.37. The van der Waals surface area contributed by atoms with Gasteiger partial charge in [-0.1, -0.05) is 42.2 Å². The summed E-state index contributed by atoms with van der Waals surface area (Å²) in [5.41, 5.74) is 0.350. The molecule has 3 rings (SSSR count). The average molecular weight is 470 g/mol. The smallest absolute Gasteiger partial charge is 0.438 e. The van der Waals surface area contributed by atoms with Gasteiger partial charge in [0.1, 0.15) is 0 Å². The first-order chi connectivity index (χ1) is 14.6. The van der Waals surface area contributed by atoms with E-state index in [2.05, 4.69) is 19.8 Å². The standard InChI is InChI=1S/C18H17Cl2N5O6/c1-8(2)10-6-14(22-24(3)16(10)26)30-15-11(19)4-9(5-12(15)20)25(18(28)29)7-13-21-17(27)31-23-13/h4-6,8H,7H2,1-3H3,(H,28,29)(H,21,23,27). The third kappa shape index (κ3) is 4.89. The fourth-order valence-corrected chi connectivity index (χ4v) is 3.27. The van der Waals surface area contributed by atoms with E-state index in [0.29, 0.717) is 5.56 Å². The number of H-pyrrole nitrogens is 1. The van der Waals surface area contributed by atoms with Crippen molar-refractivity contribution in [1.82, 2.24) is 19.9 Å². The zero-order valence-corrected chi connectivity index (χ0v) is 18.1. The summed E-state index contributed by atoms with van der Waals surface area (Å²) in [5.74, 6) is -0.753. The Labute approximate surface area is 184 Å². The fraction of sp³-hybridized carbons (Fsp3) is 0.278. The molecule has 11 nitrogen and oxygen atoms in total. The van der Waals surface area contributed by atoms with Crippen LogP contribution >= 0.6 is 23.2 Å². The summed E-state index contributed by atoms with van der Waals surface area (Å²) in [6.45, 7) is 3.41. The summed E-state index contributed by atoms with van der Waals surface area (Å²) in [5, 5.41) is 17.0. The minimum atomic E-state index is -1.34. The molecule has 0 fully saturated rings. The summed E-state index contributed by atoms with van der Waals surface area (Å²) in [6, 6.07) is 4.14. The maximum atomic E-state index is 12.2. The molecule has 0 radical (unpaired) electrons. The van der Waals surface area contributed by atoms with E-state index in [0.717, 1.165) is 9.58 Å². The van der Waals surface area contributed by atoms with E-state index >= 15 is 0 Å². The lowest BCUT2D eigenvalue weighted by Gasteiger charge is -2.19. The fourth-order valence-electron chi connectivity index (χ4n) is 2.72. The van der Waals surface area contributed by atoms with Gasteiger partial charge in [-0.15, -0.1) is 5.10 Å². The number of amides is 1. The lowest BCUT2D eigenvalue weighted by atomic mass is 10.1.